The summed E-state index contributed by atoms with van der Waals surface area (Å²) in [6, 6.07) is 9.34. The fourth-order valence-corrected chi connectivity index (χ4v) is 3.27. The van der Waals surface area contributed by atoms with Crippen LogP contribution in [0.2, 0.25) is 0 Å². The van der Waals surface area contributed by atoms with Gasteiger partial charge in [-0.3, -0.25) is 4.79 Å². The third-order valence-corrected chi connectivity index (χ3v) is 4.77. The molecule has 0 saturated carbocycles. The van der Waals surface area contributed by atoms with Crippen molar-refractivity contribution in [1.82, 2.24) is 5.32 Å². The van der Waals surface area contributed by atoms with E-state index in [0.717, 1.165) is 24.8 Å². The second-order valence-corrected chi connectivity index (χ2v) is 7.61. The minimum Gasteiger partial charge on any atom is -0.445 e. The predicted octanol–water partition coefficient (Wildman–Crippen LogP) is 5.15. The van der Waals surface area contributed by atoms with Crippen LogP contribution in [0.3, 0.4) is 0 Å². The number of carbonyl (C=O) groups is 2. The largest absolute Gasteiger partial charge is 0.445 e. The van der Waals surface area contributed by atoms with Gasteiger partial charge in [-0.1, -0.05) is 82.2 Å². The van der Waals surface area contributed by atoms with E-state index in [9.17, 15) is 14.7 Å². The van der Waals surface area contributed by atoms with Crippen LogP contribution in [0.1, 0.15) is 83.6 Å². The SMILES string of the molecule is CCCCCCCCC[C@H](C[C@H](O)CC(C)=O)NC(=O)OCc1ccccc1. The summed E-state index contributed by atoms with van der Waals surface area (Å²) in [5.41, 5.74) is 0.929. The molecule has 28 heavy (non-hydrogen) atoms. The molecule has 0 heterocycles. The fraction of sp³-hybridized carbons (Fsp3) is 0.652. The van der Waals surface area contributed by atoms with E-state index in [0.29, 0.717) is 6.42 Å². The first-order valence-electron chi connectivity index (χ1n) is 10.7. The topological polar surface area (TPSA) is 75.6 Å². The highest BCUT2D eigenvalue weighted by Gasteiger charge is 2.18. The number of ether oxygens (including phenoxy) is 1. The number of carbonyl (C=O) groups excluding carboxylic acids is 2. The number of benzene rings is 1. The molecule has 5 nitrogen and oxygen atoms in total. The minimum atomic E-state index is -0.735. The molecule has 0 aliphatic heterocycles. The minimum absolute atomic E-state index is 0.0474. The molecule has 0 bridgehead atoms. The highest BCUT2D eigenvalue weighted by molar-refractivity contribution is 5.75. The number of aliphatic hydroxyl groups excluding tert-OH is 1. The first-order valence-corrected chi connectivity index (χ1v) is 10.7. The monoisotopic (exact) mass is 391 g/mol. The van der Waals surface area contributed by atoms with E-state index in [1.807, 2.05) is 30.3 Å². The number of Topliss-reactive ketones (excluding diaryl/α,β-unsaturated/α-hetero) is 1. The maximum absolute atomic E-state index is 12.2. The van der Waals surface area contributed by atoms with Crippen LogP contribution in [0, 0.1) is 0 Å². The third kappa shape index (κ3) is 12.5. The number of aliphatic hydroxyl groups is 1. The number of rotatable bonds is 15. The Morgan fingerprint density at radius 1 is 1.04 bits per heavy atom. The molecular weight excluding hydrogens is 354 g/mol. The Morgan fingerprint density at radius 3 is 2.32 bits per heavy atom. The maximum Gasteiger partial charge on any atom is 0.407 e. The number of alkyl carbamates (subject to hydrolysis) is 1. The molecule has 158 valence electrons. The van der Waals surface area contributed by atoms with Crippen LogP contribution in [-0.4, -0.2) is 29.1 Å². The van der Waals surface area contributed by atoms with Crippen LogP contribution in [0.25, 0.3) is 0 Å². The van der Waals surface area contributed by atoms with Gasteiger partial charge in [0.15, 0.2) is 0 Å². The fourth-order valence-electron chi connectivity index (χ4n) is 3.27. The molecule has 5 heteroatoms. The highest BCUT2D eigenvalue weighted by Crippen LogP contribution is 2.14. The van der Waals surface area contributed by atoms with Crippen molar-refractivity contribution < 1.29 is 19.4 Å². The van der Waals surface area contributed by atoms with Gasteiger partial charge in [-0.2, -0.15) is 0 Å². The smallest absolute Gasteiger partial charge is 0.407 e. The lowest BCUT2D eigenvalue weighted by molar-refractivity contribution is -0.118. The van der Waals surface area contributed by atoms with Gasteiger partial charge in [0.2, 0.25) is 0 Å². The molecule has 1 amide bonds. The second kappa shape index (κ2) is 15.1. The Kier molecular flexibility index (Phi) is 13.0. The molecular formula is C23H37NO4. The standard InChI is InChI=1S/C23H37NO4/c1-3-4-5-6-7-8-12-15-21(17-22(26)16-19(2)25)24-23(27)28-18-20-13-10-9-11-14-20/h9-11,13-14,21-22,26H,3-8,12,15-18H2,1-2H3,(H,24,27)/t21-,22-/m1/s1. The van der Waals surface area contributed by atoms with E-state index in [1.54, 1.807) is 0 Å². The molecule has 1 rings (SSSR count). The van der Waals surface area contributed by atoms with Crippen molar-refractivity contribution in [1.29, 1.82) is 0 Å². The first-order chi connectivity index (χ1) is 13.5. The van der Waals surface area contributed by atoms with Crippen LogP contribution in [0.4, 0.5) is 4.79 Å². The van der Waals surface area contributed by atoms with Gasteiger partial charge >= 0.3 is 6.09 Å². The zero-order valence-electron chi connectivity index (χ0n) is 17.5. The molecule has 0 aromatic heterocycles. The molecule has 0 spiro atoms. The number of unbranched alkanes of at least 4 members (excludes halogenated alkanes) is 6. The number of amides is 1. The van der Waals surface area contributed by atoms with E-state index in [1.165, 1.54) is 39.0 Å². The van der Waals surface area contributed by atoms with Crippen molar-refractivity contribution in [3.8, 4) is 0 Å². The van der Waals surface area contributed by atoms with Gasteiger partial charge in [0.1, 0.15) is 12.4 Å². The van der Waals surface area contributed by atoms with E-state index in [2.05, 4.69) is 12.2 Å². The maximum atomic E-state index is 12.2. The quantitative estimate of drug-likeness (QED) is 0.405. The summed E-state index contributed by atoms with van der Waals surface area (Å²) in [7, 11) is 0. The van der Waals surface area contributed by atoms with Crippen LogP contribution in [0.5, 0.6) is 0 Å². The molecule has 0 fully saturated rings. The average Bonchev–Trinajstić information content (AvgIpc) is 2.65. The van der Waals surface area contributed by atoms with Gasteiger partial charge in [0, 0.05) is 12.5 Å². The third-order valence-electron chi connectivity index (χ3n) is 4.77. The van der Waals surface area contributed by atoms with Crippen molar-refractivity contribution in [3.63, 3.8) is 0 Å². The van der Waals surface area contributed by atoms with Crippen LogP contribution in [-0.2, 0) is 16.1 Å². The van der Waals surface area contributed by atoms with Crippen molar-refractivity contribution in [2.45, 2.75) is 96.8 Å². The Hall–Kier alpha value is -1.88. The summed E-state index contributed by atoms with van der Waals surface area (Å²) in [6.07, 6.45) is 8.41. The average molecular weight is 392 g/mol. The first kappa shape index (κ1) is 24.2. The molecule has 0 saturated heterocycles. The number of nitrogens with one attached hydrogen (secondary N) is 1. The summed E-state index contributed by atoms with van der Waals surface area (Å²) in [5.74, 6) is -0.0474. The van der Waals surface area contributed by atoms with Gasteiger partial charge in [-0.15, -0.1) is 0 Å². The Morgan fingerprint density at radius 2 is 1.68 bits per heavy atom. The Labute approximate surface area is 169 Å². The zero-order valence-corrected chi connectivity index (χ0v) is 17.5. The van der Waals surface area contributed by atoms with Gasteiger partial charge < -0.3 is 15.2 Å². The number of ketones is 1. The van der Waals surface area contributed by atoms with Crippen LogP contribution >= 0.6 is 0 Å². The number of hydrogen-bond acceptors (Lipinski definition) is 4. The predicted molar refractivity (Wildman–Crippen MR) is 112 cm³/mol. The van der Waals surface area contributed by atoms with Crippen molar-refractivity contribution in [2.75, 3.05) is 0 Å². The van der Waals surface area contributed by atoms with Gasteiger partial charge in [0.05, 0.1) is 6.10 Å². The van der Waals surface area contributed by atoms with Gasteiger partial charge in [-0.25, -0.2) is 4.79 Å². The molecule has 2 N–H and O–H groups in total. The zero-order chi connectivity index (χ0) is 20.6. The molecule has 2 atom stereocenters. The Bertz CT molecular complexity index is 547. The molecule has 0 aliphatic carbocycles. The summed E-state index contributed by atoms with van der Waals surface area (Å²) >= 11 is 0. The molecule has 0 unspecified atom stereocenters. The highest BCUT2D eigenvalue weighted by atomic mass is 16.5. The van der Waals surface area contributed by atoms with E-state index in [4.69, 9.17) is 4.74 Å². The van der Waals surface area contributed by atoms with E-state index in [-0.39, 0.29) is 24.9 Å². The van der Waals surface area contributed by atoms with Gasteiger partial charge in [-0.05, 0) is 25.3 Å². The normalized spacial score (nSPS) is 13.0. The molecule has 0 radical (unpaired) electrons. The van der Waals surface area contributed by atoms with Gasteiger partial charge in [0.25, 0.3) is 0 Å². The van der Waals surface area contributed by atoms with E-state index >= 15 is 0 Å². The molecule has 1 aromatic carbocycles. The second-order valence-electron chi connectivity index (χ2n) is 7.61. The molecule has 0 aliphatic rings. The van der Waals surface area contributed by atoms with E-state index < -0.39 is 12.2 Å². The lowest BCUT2D eigenvalue weighted by Crippen LogP contribution is -2.38. The summed E-state index contributed by atoms with van der Waals surface area (Å²) in [4.78, 5) is 23.4. The van der Waals surface area contributed by atoms with Crippen LogP contribution < -0.4 is 5.32 Å². The number of hydrogen-bond donors (Lipinski definition) is 2. The van der Waals surface area contributed by atoms with Crippen molar-refractivity contribution in [3.05, 3.63) is 35.9 Å². The molecule has 1 aromatic rings. The Balaban J connectivity index is 2.40. The lowest BCUT2D eigenvalue weighted by Gasteiger charge is -2.21. The summed E-state index contributed by atoms with van der Waals surface area (Å²) in [5, 5.41) is 13.0. The summed E-state index contributed by atoms with van der Waals surface area (Å²) in [6.45, 7) is 3.89. The van der Waals surface area contributed by atoms with Crippen molar-refractivity contribution in [2.24, 2.45) is 0 Å². The summed E-state index contributed by atoms with van der Waals surface area (Å²) < 4.78 is 5.29. The van der Waals surface area contributed by atoms with Crippen molar-refractivity contribution >= 4 is 11.9 Å². The lowest BCUT2D eigenvalue weighted by atomic mass is 9.99. The van der Waals surface area contributed by atoms with Crippen LogP contribution in [0.15, 0.2) is 30.3 Å².